The van der Waals surface area contributed by atoms with Crippen molar-refractivity contribution in [1.29, 1.82) is 5.26 Å². The van der Waals surface area contributed by atoms with Crippen LogP contribution in [0, 0.1) is 23.1 Å². The zero-order valence-electron chi connectivity index (χ0n) is 25.6. The van der Waals surface area contributed by atoms with Crippen LogP contribution >= 0.6 is 0 Å². The van der Waals surface area contributed by atoms with Gasteiger partial charge in [0.1, 0.15) is 29.1 Å². The van der Waals surface area contributed by atoms with Crippen LogP contribution in [0.5, 0.6) is 0 Å². The predicted octanol–water partition coefficient (Wildman–Crippen LogP) is 4.61. The lowest BCUT2D eigenvalue weighted by Crippen LogP contribution is -2.55. The van der Waals surface area contributed by atoms with E-state index in [2.05, 4.69) is 11.4 Å². The Hall–Kier alpha value is -3.55. The van der Waals surface area contributed by atoms with Gasteiger partial charge < -0.3 is 24.6 Å². The Morgan fingerprint density at radius 2 is 1.67 bits per heavy atom. The molecular formula is C31H44FN5O5. The number of piperazine rings is 1. The molecule has 4 unspecified atom stereocenters. The number of hydrogen-bond acceptors (Lipinski definition) is 7. The fraction of sp³-hybridized carbons (Fsp3) is 0.677. The van der Waals surface area contributed by atoms with Crippen molar-refractivity contribution in [2.45, 2.75) is 103 Å². The average molecular weight is 586 g/mol. The van der Waals surface area contributed by atoms with Crippen LogP contribution < -0.4 is 10.2 Å². The molecule has 0 aromatic heterocycles. The van der Waals surface area contributed by atoms with Crippen molar-refractivity contribution in [1.82, 2.24) is 15.1 Å². The summed E-state index contributed by atoms with van der Waals surface area (Å²) in [5.74, 6) is -0.701. The zero-order chi connectivity index (χ0) is 30.8. The van der Waals surface area contributed by atoms with E-state index in [0.717, 1.165) is 24.9 Å². The standard InChI is InChI=1S/C31H44FN5O5/c1-30(2,3)41-28(39)36-15-13-35(14-16-36)23-11-8-20(25(32)18-23)7-10-22(19-33)34-27(38)26-21-9-12-24(17-21)37(26)29(40)42-31(4,5)6/h8,11,18,21-22,24,26H,7,9-10,12-17H2,1-6H3,(H,34,38). The fourth-order valence-corrected chi connectivity index (χ4v) is 6.04. The summed E-state index contributed by atoms with van der Waals surface area (Å²) in [7, 11) is 0. The smallest absolute Gasteiger partial charge is 0.411 e. The van der Waals surface area contributed by atoms with Crippen molar-refractivity contribution in [3.05, 3.63) is 29.6 Å². The summed E-state index contributed by atoms with van der Waals surface area (Å²) >= 11 is 0. The van der Waals surface area contributed by atoms with Crippen LogP contribution in [0.2, 0.25) is 0 Å². The first-order chi connectivity index (χ1) is 19.6. The number of nitriles is 1. The van der Waals surface area contributed by atoms with Gasteiger partial charge in [-0.3, -0.25) is 9.69 Å². The van der Waals surface area contributed by atoms with Crippen LogP contribution in [-0.4, -0.2) is 83.4 Å². The van der Waals surface area contributed by atoms with Crippen LogP contribution in [0.15, 0.2) is 18.2 Å². The van der Waals surface area contributed by atoms with Crippen LogP contribution in [0.4, 0.5) is 19.7 Å². The second kappa shape index (κ2) is 12.4. The number of nitrogens with one attached hydrogen (secondary N) is 1. The highest BCUT2D eigenvalue weighted by Crippen LogP contribution is 2.43. The number of hydrogen-bond donors (Lipinski definition) is 1. The number of benzene rings is 1. The summed E-state index contributed by atoms with van der Waals surface area (Å²) in [5, 5.41) is 12.6. The van der Waals surface area contributed by atoms with Crippen LogP contribution in [0.25, 0.3) is 0 Å². The number of aryl methyl sites for hydroxylation is 1. The number of carbonyl (C=O) groups is 3. The number of nitrogens with zero attached hydrogens (tertiary/aromatic N) is 4. The maximum atomic E-state index is 15.1. The van der Waals surface area contributed by atoms with Crippen LogP contribution in [0.3, 0.4) is 0 Å². The van der Waals surface area contributed by atoms with E-state index in [9.17, 15) is 19.6 Å². The second-order valence-electron chi connectivity index (χ2n) is 13.5. The molecule has 1 N–H and O–H groups in total. The lowest BCUT2D eigenvalue weighted by atomic mass is 9.97. The molecule has 2 bridgehead atoms. The molecule has 2 saturated heterocycles. The van der Waals surface area contributed by atoms with Gasteiger partial charge in [-0.2, -0.15) is 5.26 Å². The molecule has 11 heteroatoms. The van der Waals surface area contributed by atoms with Gasteiger partial charge in [0.15, 0.2) is 0 Å². The molecule has 3 aliphatic rings. The molecule has 0 spiro atoms. The first-order valence-corrected chi connectivity index (χ1v) is 14.9. The summed E-state index contributed by atoms with van der Waals surface area (Å²) in [6, 6.07) is 5.63. The van der Waals surface area contributed by atoms with Gasteiger partial charge in [0.25, 0.3) is 0 Å². The molecule has 3 amide bonds. The van der Waals surface area contributed by atoms with Gasteiger partial charge in [0.05, 0.1) is 6.07 Å². The molecule has 1 aromatic rings. The lowest BCUT2D eigenvalue weighted by molar-refractivity contribution is -0.128. The summed E-state index contributed by atoms with van der Waals surface area (Å²) in [5.41, 5.74) is -0.0555. The number of fused-ring (bicyclic) bond motifs is 2. The number of carbonyl (C=O) groups excluding carboxylic acids is 3. The average Bonchev–Trinajstić information content (AvgIpc) is 3.52. The van der Waals surface area contributed by atoms with E-state index in [0.29, 0.717) is 31.7 Å². The Labute approximate surface area is 248 Å². The maximum absolute atomic E-state index is 15.1. The van der Waals surface area contributed by atoms with Gasteiger partial charge in [0, 0.05) is 37.9 Å². The van der Waals surface area contributed by atoms with Crippen molar-refractivity contribution in [3.63, 3.8) is 0 Å². The number of halogens is 1. The van der Waals surface area contributed by atoms with Gasteiger partial charge in [-0.15, -0.1) is 0 Å². The van der Waals surface area contributed by atoms with Crippen LogP contribution in [-0.2, 0) is 20.7 Å². The van der Waals surface area contributed by atoms with Gasteiger partial charge in [-0.05, 0) is 97.3 Å². The third kappa shape index (κ3) is 7.64. The third-order valence-corrected chi connectivity index (χ3v) is 7.97. The topological polar surface area (TPSA) is 115 Å². The second-order valence-corrected chi connectivity index (χ2v) is 13.5. The van der Waals surface area contributed by atoms with E-state index in [4.69, 9.17) is 9.47 Å². The van der Waals surface area contributed by atoms with Crippen molar-refractivity contribution in [3.8, 4) is 6.07 Å². The van der Waals surface area contributed by atoms with E-state index in [1.165, 1.54) is 6.07 Å². The summed E-state index contributed by atoms with van der Waals surface area (Å²) in [6.45, 7) is 12.9. The SMILES string of the molecule is CC(C)(C)OC(=O)N1CCN(c2ccc(CCC(C#N)NC(=O)C3C4CCC(C4)N3C(=O)OC(C)(C)C)c(F)c2)CC1. The number of ether oxygens (including phenoxy) is 2. The molecule has 1 aliphatic carbocycles. The molecule has 1 saturated carbocycles. The Morgan fingerprint density at radius 3 is 2.26 bits per heavy atom. The van der Waals surface area contributed by atoms with Crippen molar-refractivity contribution >= 4 is 23.8 Å². The maximum Gasteiger partial charge on any atom is 0.411 e. The van der Waals surface area contributed by atoms with Gasteiger partial charge in [-0.1, -0.05) is 6.07 Å². The Bertz CT molecular complexity index is 1210. The Kier molecular flexibility index (Phi) is 9.24. The molecule has 1 aromatic carbocycles. The summed E-state index contributed by atoms with van der Waals surface area (Å²) in [6.07, 6.45) is 2.10. The van der Waals surface area contributed by atoms with Crippen molar-refractivity contribution in [2.75, 3.05) is 31.1 Å². The molecule has 2 heterocycles. The molecule has 3 fully saturated rings. The first kappa shape index (κ1) is 31.4. The Balaban J connectivity index is 1.31. The number of rotatable bonds is 6. The van der Waals surface area contributed by atoms with E-state index in [1.807, 2.05) is 31.7 Å². The highest BCUT2D eigenvalue weighted by molar-refractivity contribution is 5.87. The van der Waals surface area contributed by atoms with E-state index >= 15 is 4.39 Å². The fourth-order valence-electron chi connectivity index (χ4n) is 6.04. The molecule has 4 rings (SSSR count). The number of likely N-dealkylation sites (tertiary alicyclic amines) is 1. The van der Waals surface area contributed by atoms with Crippen molar-refractivity contribution in [2.24, 2.45) is 5.92 Å². The largest absolute Gasteiger partial charge is 0.444 e. The van der Waals surface area contributed by atoms with Gasteiger partial charge >= 0.3 is 12.2 Å². The minimum absolute atomic E-state index is 0.0333. The highest BCUT2D eigenvalue weighted by Gasteiger charge is 2.52. The monoisotopic (exact) mass is 585 g/mol. The predicted molar refractivity (Wildman–Crippen MR) is 155 cm³/mol. The Morgan fingerprint density at radius 1 is 1.02 bits per heavy atom. The third-order valence-electron chi connectivity index (χ3n) is 7.97. The number of amides is 3. The highest BCUT2D eigenvalue weighted by atomic mass is 19.1. The van der Waals surface area contributed by atoms with Crippen LogP contribution in [0.1, 0.15) is 72.8 Å². The van der Waals surface area contributed by atoms with E-state index in [1.54, 1.807) is 36.6 Å². The quantitative estimate of drug-likeness (QED) is 0.518. The summed E-state index contributed by atoms with van der Waals surface area (Å²) in [4.78, 5) is 43.8. The molecule has 2 aliphatic heterocycles. The van der Waals surface area contributed by atoms with Gasteiger partial charge in [0.2, 0.25) is 5.91 Å². The number of anilines is 1. The minimum Gasteiger partial charge on any atom is -0.444 e. The number of piperidine rings is 1. The molecule has 4 atom stereocenters. The summed E-state index contributed by atoms with van der Waals surface area (Å²) < 4.78 is 26.1. The molecule has 0 radical (unpaired) electrons. The minimum atomic E-state index is -0.822. The van der Waals surface area contributed by atoms with E-state index < -0.39 is 29.4 Å². The molecule has 10 nitrogen and oxygen atoms in total. The van der Waals surface area contributed by atoms with Gasteiger partial charge in [-0.25, -0.2) is 14.0 Å². The normalized spacial score (nSPS) is 22.9. The molecular weight excluding hydrogens is 541 g/mol. The molecule has 42 heavy (non-hydrogen) atoms. The first-order valence-electron chi connectivity index (χ1n) is 14.9. The van der Waals surface area contributed by atoms with E-state index in [-0.39, 0.29) is 42.6 Å². The molecule has 230 valence electrons. The van der Waals surface area contributed by atoms with Crippen molar-refractivity contribution < 1.29 is 28.2 Å². The zero-order valence-corrected chi connectivity index (χ0v) is 25.6. The lowest BCUT2D eigenvalue weighted by Gasteiger charge is -2.36.